The number of hydrogen-bond acceptors (Lipinski definition) is 6. The number of carbonyl (C=O) groups excluding carboxylic acids is 3. The third kappa shape index (κ3) is 9.86. The molecule has 0 saturated carbocycles. The quantitative estimate of drug-likeness (QED) is 0.235. The third-order valence-corrected chi connectivity index (χ3v) is 3.83. The largest absolute Gasteiger partial charge is 0.481 e. The smallest absolute Gasteiger partial charge is 0.326 e. The van der Waals surface area contributed by atoms with E-state index in [1.54, 1.807) is 0 Å². The Kier molecular flexibility index (Phi) is 10.8. The molecule has 0 rings (SSSR count). The second kappa shape index (κ2) is 11.9. The SMILES string of the molecule is CC(C)CC(N)C(=O)NC(C)C(=O)NC(C)C(=O)NC(CCC(=O)O)C(=O)O. The fourth-order valence-corrected chi connectivity index (χ4v) is 2.23. The van der Waals surface area contributed by atoms with Gasteiger partial charge >= 0.3 is 11.9 Å². The number of carboxylic acids is 2. The highest BCUT2D eigenvalue weighted by molar-refractivity contribution is 5.93. The summed E-state index contributed by atoms with van der Waals surface area (Å²) >= 11 is 0. The molecule has 7 N–H and O–H groups in total. The molecule has 28 heavy (non-hydrogen) atoms. The van der Waals surface area contributed by atoms with E-state index in [1.165, 1.54) is 13.8 Å². The van der Waals surface area contributed by atoms with Gasteiger partial charge in [0.25, 0.3) is 0 Å². The lowest BCUT2D eigenvalue weighted by molar-refractivity contribution is -0.143. The topological polar surface area (TPSA) is 188 Å². The molecule has 0 fully saturated rings. The molecular weight excluding hydrogens is 372 g/mol. The summed E-state index contributed by atoms with van der Waals surface area (Å²) < 4.78 is 0. The van der Waals surface area contributed by atoms with Gasteiger partial charge in [-0.05, 0) is 32.6 Å². The Hall–Kier alpha value is -2.69. The molecule has 0 aromatic heterocycles. The van der Waals surface area contributed by atoms with Crippen molar-refractivity contribution in [2.24, 2.45) is 11.7 Å². The van der Waals surface area contributed by atoms with Gasteiger partial charge in [0.1, 0.15) is 18.1 Å². The molecule has 0 aliphatic rings. The van der Waals surface area contributed by atoms with Crippen LogP contribution in [-0.2, 0) is 24.0 Å². The predicted molar refractivity (Wildman–Crippen MR) is 99.1 cm³/mol. The molecule has 160 valence electrons. The van der Waals surface area contributed by atoms with Crippen LogP contribution in [0.15, 0.2) is 0 Å². The number of carboxylic acid groups (broad SMARTS) is 2. The normalized spacial score (nSPS) is 15.1. The van der Waals surface area contributed by atoms with Gasteiger partial charge in [0.15, 0.2) is 0 Å². The van der Waals surface area contributed by atoms with Gasteiger partial charge in [-0.1, -0.05) is 13.8 Å². The van der Waals surface area contributed by atoms with E-state index in [1.807, 2.05) is 13.8 Å². The van der Waals surface area contributed by atoms with Crippen LogP contribution in [0.1, 0.15) is 47.0 Å². The molecule has 0 saturated heterocycles. The lowest BCUT2D eigenvalue weighted by atomic mass is 10.0. The maximum absolute atomic E-state index is 12.1. The van der Waals surface area contributed by atoms with Crippen LogP contribution in [0, 0.1) is 5.92 Å². The van der Waals surface area contributed by atoms with E-state index in [4.69, 9.17) is 15.9 Å². The van der Waals surface area contributed by atoms with Crippen LogP contribution in [0.4, 0.5) is 0 Å². The van der Waals surface area contributed by atoms with Crippen molar-refractivity contribution >= 4 is 29.7 Å². The zero-order valence-corrected chi connectivity index (χ0v) is 16.5. The first-order valence-corrected chi connectivity index (χ1v) is 8.96. The average Bonchev–Trinajstić information content (AvgIpc) is 2.56. The van der Waals surface area contributed by atoms with E-state index < -0.39 is 60.2 Å². The fraction of sp³-hybridized carbons (Fsp3) is 0.706. The van der Waals surface area contributed by atoms with Gasteiger partial charge in [0, 0.05) is 6.42 Å². The second-order valence-corrected chi connectivity index (χ2v) is 7.03. The Morgan fingerprint density at radius 3 is 1.71 bits per heavy atom. The summed E-state index contributed by atoms with van der Waals surface area (Å²) in [7, 11) is 0. The van der Waals surface area contributed by atoms with Crippen molar-refractivity contribution in [3.05, 3.63) is 0 Å². The summed E-state index contributed by atoms with van der Waals surface area (Å²) in [5, 5.41) is 24.7. The van der Waals surface area contributed by atoms with Crippen LogP contribution in [0.2, 0.25) is 0 Å². The molecule has 0 aromatic rings. The molecule has 4 unspecified atom stereocenters. The molecule has 0 heterocycles. The van der Waals surface area contributed by atoms with Gasteiger partial charge in [0.05, 0.1) is 6.04 Å². The fourth-order valence-electron chi connectivity index (χ4n) is 2.23. The minimum Gasteiger partial charge on any atom is -0.481 e. The van der Waals surface area contributed by atoms with Crippen molar-refractivity contribution in [1.29, 1.82) is 0 Å². The molecule has 0 radical (unpaired) electrons. The molecule has 11 nitrogen and oxygen atoms in total. The van der Waals surface area contributed by atoms with E-state index in [9.17, 15) is 24.0 Å². The van der Waals surface area contributed by atoms with E-state index in [0.717, 1.165) is 0 Å². The van der Waals surface area contributed by atoms with Crippen molar-refractivity contribution < 1.29 is 34.2 Å². The van der Waals surface area contributed by atoms with Crippen LogP contribution in [0.25, 0.3) is 0 Å². The van der Waals surface area contributed by atoms with E-state index in [-0.39, 0.29) is 12.3 Å². The molecule has 4 atom stereocenters. The first kappa shape index (κ1) is 25.3. The first-order chi connectivity index (χ1) is 12.8. The van der Waals surface area contributed by atoms with E-state index in [2.05, 4.69) is 16.0 Å². The van der Waals surface area contributed by atoms with Crippen LogP contribution >= 0.6 is 0 Å². The Bertz CT molecular complexity index is 594. The van der Waals surface area contributed by atoms with Crippen LogP contribution in [-0.4, -0.2) is 64.0 Å². The maximum Gasteiger partial charge on any atom is 0.326 e. The van der Waals surface area contributed by atoms with Crippen LogP contribution in [0.3, 0.4) is 0 Å². The third-order valence-electron chi connectivity index (χ3n) is 3.83. The van der Waals surface area contributed by atoms with Gasteiger partial charge in [0.2, 0.25) is 17.7 Å². The number of aliphatic carboxylic acids is 2. The van der Waals surface area contributed by atoms with Gasteiger partial charge in [-0.2, -0.15) is 0 Å². The number of nitrogens with one attached hydrogen (secondary N) is 3. The molecule has 0 aromatic carbocycles. The Morgan fingerprint density at radius 2 is 1.29 bits per heavy atom. The molecule has 11 heteroatoms. The number of nitrogens with two attached hydrogens (primary N) is 1. The molecule has 3 amide bonds. The lowest BCUT2D eigenvalue weighted by Gasteiger charge is -2.21. The van der Waals surface area contributed by atoms with E-state index in [0.29, 0.717) is 6.42 Å². The minimum absolute atomic E-state index is 0.205. The summed E-state index contributed by atoms with van der Waals surface area (Å²) in [4.78, 5) is 57.8. The van der Waals surface area contributed by atoms with Gasteiger partial charge in [-0.25, -0.2) is 4.79 Å². The molecule has 0 spiro atoms. The minimum atomic E-state index is -1.39. The molecule has 0 aliphatic heterocycles. The van der Waals surface area contributed by atoms with Crippen molar-refractivity contribution in [3.8, 4) is 0 Å². The lowest BCUT2D eigenvalue weighted by Crippen LogP contribution is -2.55. The number of hydrogen-bond donors (Lipinski definition) is 6. The number of carbonyl (C=O) groups is 5. The zero-order chi connectivity index (χ0) is 22.0. The van der Waals surface area contributed by atoms with Crippen molar-refractivity contribution in [1.82, 2.24) is 16.0 Å². The predicted octanol–water partition coefficient (Wildman–Crippen LogP) is -1.20. The van der Waals surface area contributed by atoms with Gasteiger partial charge < -0.3 is 31.9 Å². The monoisotopic (exact) mass is 402 g/mol. The summed E-state index contributed by atoms with van der Waals surface area (Å²) in [6.07, 6.45) is -0.277. The molecule has 0 bridgehead atoms. The maximum atomic E-state index is 12.1. The molecule has 0 aliphatic carbocycles. The van der Waals surface area contributed by atoms with Gasteiger partial charge in [-0.15, -0.1) is 0 Å². The zero-order valence-electron chi connectivity index (χ0n) is 16.5. The summed E-state index contributed by atoms with van der Waals surface area (Å²) in [6.45, 7) is 6.57. The van der Waals surface area contributed by atoms with Crippen LogP contribution < -0.4 is 21.7 Å². The standard InChI is InChI=1S/C17H30N4O7/c1-8(2)7-11(18)16(26)20-9(3)14(24)19-10(4)15(25)21-12(17(27)28)5-6-13(22)23/h8-12H,5-7,18H2,1-4H3,(H,19,24)(H,20,26)(H,21,25)(H,22,23)(H,27,28). The Morgan fingerprint density at radius 1 is 0.821 bits per heavy atom. The van der Waals surface area contributed by atoms with Crippen LogP contribution in [0.5, 0.6) is 0 Å². The van der Waals surface area contributed by atoms with Crippen molar-refractivity contribution in [2.45, 2.75) is 71.1 Å². The molecular formula is C17H30N4O7. The average molecular weight is 402 g/mol. The second-order valence-electron chi connectivity index (χ2n) is 7.03. The Balaban J connectivity index is 4.64. The van der Waals surface area contributed by atoms with E-state index >= 15 is 0 Å². The van der Waals surface area contributed by atoms with Crippen molar-refractivity contribution in [2.75, 3.05) is 0 Å². The summed E-state index contributed by atoms with van der Waals surface area (Å²) in [5.41, 5.74) is 5.74. The van der Waals surface area contributed by atoms with Gasteiger partial charge in [-0.3, -0.25) is 19.2 Å². The summed E-state index contributed by atoms with van der Waals surface area (Å²) in [6, 6.07) is -4.21. The highest BCUT2D eigenvalue weighted by Gasteiger charge is 2.26. The first-order valence-electron chi connectivity index (χ1n) is 8.96. The highest BCUT2D eigenvalue weighted by atomic mass is 16.4. The Labute approximate surface area is 163 Å². The number of rotatable bonds is 12. The van der Waals surface area contributed by atoms with Crippen molar-refractivity contribution in [3.63, 3.8) is 0 Å². The number of amides is 3. The highest BCUT2D eigenvalue weighted by Crippen LogP contribution is 2.03. The summed E-state index contributed by atoms with van der Waals surface area (Å²) in [5.74, 6) is -4.30.